The maximum absolute atomic E-state index is 13.7. The molecule has 142 valence electrons. The van der Waals surface area contributed by atoms with E-state index in [-0.39, 0.29) is 11.1 Å². The van der Waals surface area contributed by atoms with Crippen LogP contribution in [0.1, 0.15) is 22.0 Å². The second kappa shape index (κ2) is 6.62. The molecule has 0 radical (unpaired) electrons. The summed E-state index contributed by atoms with van der Waals surface area (Å²) in [4.78, 5) is 28.3. The van der Waals surface area contributed by atoms with Gasteiger partial charge in [-0.3, -0.25) is 9.78 Å². The van der Waals surface area contributed by atoms with Gasteiger partial charge in [0.25, 0.3) is 0 Å². The molecule has 1 saturated heterocycles. The van der Waals surface area contributed by atoms with Gasteiger partial charge in [-0.25, -0.2) is 9.18 Å². The number of hydrogen-bond acceptors (Lipinski definition) is 4. The number of alkyl halides is 3. The minimum Gasteiger partial charge on any atom is -0.363 e. The minimum absolute atomic E-state index is 0.102. The minimum atomic E-state index is -5.38. The number of carbonyl (C=O) groups excluding carboxylic acids is 2. The lowest BCUT2D eigenvalue weighted by atomic mass is 9.77. The van der Waals surface area contributed by atoms with Gasteiger partial charge in [0.2, 0.25) is 5.72 Å². The number of ketones is 1. The maximum atomic E-state index is 13.7. The van der Waals surface area contributed by atoms with Gasteiger partial charge in [0.15, 0.2) is 5.78 Å². The SMILES string of the molecule is O=C1N[C@@H](c2cccc(F)c2)[C@@H](C(=O)c2cccnc2)[C@](O)(C(F)(F)F)N1. The molecule has 3 rings (SSSR count). The van der Waals surface area contributed by atoms with Crippen molar-refractivity contribution in [3.63, 3.8) is 0 Å². The van der Waals surface area contributed by atoms with Crippen molar-refractivity contribution >= 4 is 11.8 Å². The molecule has 1 aromatic heterocycles. The number of aromatic nitrogens is 1. The molecule has 2 heterocycles. The van der Waals surface area contributed by atoms with Crippen molar-refractivity contribution in [1.29, 1.82) is 0 Å². The second-order valence-electron chi connectivity index (χ2n) is 5.98. The van der Waals surface area contributed by atoms with E-state index in [1.54, 1.807) is 0 Å². The van der Waals surface area contributed by atoms with E-state index < -0.39 is 41.5 Å². The molecule has 6 nitrogen and oxygen atoms in total. The van der Waals surface area contributed by atoms with Crippen molar-refractivity contribution in [2.45, 2.75) is 17.9 Å². The molecule has 0 saturated carbocycles. The monoisotopic (exact) mass is 383 g/mol. The van der Waals surface area contributed by atoms with Crippen LogP contribution in [0.15, 0.2) is 48.8 Å². The number of aliphatic hydroxyl groups is 1. The van der Waals surface area contributed by atoms with Crippen LogP contribution < -0.4 is 10.6 Å². The zero-order valence-corrected chi connectivity index (χ0v) is 13.5. The summed E-state index contributed by atoms with van der Waals surface area (Å²) in [6, 6.07) is 4.00. The summed E-state index contributed by atoms with van der Waals surface area (Å²) in [7, 11) is 0. The molecular weight excluding hydrogens is 370 g/mol. The largest absolute Gasteiger partial charge is 0.437 e. The van der Waals surface area contributed by atoms with Gasteiger partial charge < -0.3 is 15.7 Å². The molecule has 3 atom stereocenters. The van der Waals surface area contributed by atoms with Crippen LogP contribution in [0.5, 0.6) is 0 Å². The summed E-state index contributed by atoms with van der Waals surface area (Å²) in [5, 5.41) is 13.9. The Hall–Kier alpha value is -3.01. The molecule has 2 aromatic rings. The van der Waals surface area contributed by atoms with Gasteiger partial charge in [0.05, 0.1) is 6.04 Å². The Morgan fingerprint density at radius 1 is 1.22 bits per heavy atom. The highest BCUT2D eigenvalue weighted by molar-refractivity contribution is 6.00. The summed E-state index contributed by atoms with van der Waals surface area (Å²) in [6.45, 7) is 0. The van der Waals surface area contributed by atoms with Gasteiger partial charge >= 0.3 is 12.2 Å². The second-order valence-corrected chi connectivity index (χ2v) is 5.98. The topological polar surface area (TPSA) is 91.3 Å². The Kier molecular flexibility index (Phi) is 4.60. The first-order valence-corrected chi connectivity index (χ1v) is 7.71. The third-order valence-electron chi connectivity index (χ3n) is 4.24. The third kappa shape index (κ3) is 3.35. The van der Waals surface area contributed by atoms with Crippen molar-refractivity contribution in [2.75, 3.05) is 0 Å². The molecule has 3 N–H and O–H groups in total. The van der Waals surface area contributed by atoms with Crippen LogP contribution in [0.4, 0.5) is 22.4 Å². The first-order chi connectivity index (χ1) is 12.6. The Bertz CT molecular complexity index is 875. The number of hydrogen-bond donors (Lipinski definition) is 3. The lowest BCUT2D eigenvalue weighted by molar-refractivity contribution is -0.287. The average molecular weight is 383 g/mol. The van der Waals surface area contributed by atoms with Gasteiger partial charge in [-0.1, -0.05) is 12.1 Å². The maximum Gasteiger partial charge on any atom is 0.437 e. The highest BCUT2D eigenvalue weighted by Gasteiger charge is 2.66. The van der Waals surface area contributed by atoms with Crippen molar-refractivity contribution in [1.82, 2.24) is 15.6 Å². The first-order valence-electron chi connectivity index (χ1n) is 7.71. The van der Waals surface area contributed by atoms with E-state index in [0.717, 1.165) is 18.3 Å². The molecule has 0 bridgehead atoms. The third-order valence-corrected chi connectivity index (χ3v) is 4.24. The number of nitrogens with zero attached hydrogens (tertiary/aromatic N) is 1. The smallest absolute Gasteiger partial charge is 0.363 e. The molecule has 2 amide bonds. The summed E-state index contributed by atoms with van der Waals surface area (Å²) in [6.07, 6.45) is -3.02. The number of nitrogens with one attached hydrogen (secondary N) is 2. The van der Waals surface area contributed by atoms with E-state index in [9.17, 15) is 32.3 Å². The molecule has 0 aliphatic carbocycles. The molecule has 1 aliphatic rings. The van der Waals surface area contributed by atoms with Crippen LogP contribution in [0.2, 0.25) is 0 Å². The number of benzene rings is 1. The predicted molar refractivity (Wildman–Crippen MR) is 83.9 cm³/mol. The van der Waals surface area contributed by atoms with E-state index >= 15 is 0 Å². The lowest BCUT2D eigenvalue weighted by Crippen LogP contribution is -2.72. The lowest BCUT2D eigenvalue weighted by Gasteiger charge is -2.45. The number of rotatable bonds is 3. The molecule has 1 fully saturated rings. The molecule has 0 spiro atoms. The van der Waals surface area contributed by atoms with Crippen LogP contribution in [0.3, 0.4) is 0 Å². The Morgan fingerprint density at radius 3 is 2.56 bits per heavy atom. The van der Waals surface area contributed by atoms with Gasteiger partial charge in [0, 0.05) is 18.0 Å². The number of Topliss-reactive ketones (excluding diaryl/α,β-unsaturated/α-hetero) is 1. The summed E-state index contributed by atoms with van der Waals surface area (Å²) >= 11 is 0. The Labute approximate surface area is 150 Å². The van der Waals surface area contributed by atoms with Crippen LogP contribution in [0, 0.1) is 11.7 Å². The van der Waals surface area contributed by atoms with Crippen LogP contribution in [-0.4, -0.2) is 33.8 Å². The van der Waals surface area contributed by atoms with E-state index in [1.165, 1.54) is 35.8 Å². The summed E-state index contributed by atoms with van der Waals surface area (Å²) in [5.41, 5.74) is -4.17. The fourth-order valence-corrected chi connectivity index (χ4v) is 3.00. The fourth-order valence-electron chi connectivity index (χ4n) is 3.00. The zero-order chi connectivity index (χ0) is 19.8. The fraction of sp³-hybridized carbons (Fsp3) is 0.235. The first kappa shape index (κ1) is 18.8. The van der Waals surface area contributed by atoms with E-state index in [0.29, 0.717) is 0 Å². The predicted octanol–water partition coefficient (Wildman–Crippen LogP) is 2.32. The number of carbonyl (C=O) groups is 2. The normalized spacial score (nSPS) is 25.4. The number of halogens is 4. The summed E-state index contributed by atoms with van der Waals surface area (Å²) in [5.74, 6) is -4.12. The highest BCUT2D eigenvalue weighted by atomic mass is 19.4. The molecule has 27 heavy (non-hydrogen) atoms. The Balaban J connectivity index is 2.17. The van der Waals surface area contributed by atoms with E-state index in [2.05, 4.69) is 10.3 Å². The van der Waals surface area contributed by atoms with Gasteiger partial charge in [-0.05, 0) is 29.8 Å². The molecule has 1 aromatic carbocycles. The van der Waals surface area contributed by atoms with Gasteiger partial charge in [0.1, 0.15) is 11.7 Å². The number of urea groups is 1. The van der Waals surface area contributed by atoms with Crippen LogP contribution >= 0.6 is 0 Å². The van der Waals surface area contributed by atoms with Crippen LogP contribution in [-0.2, 0) is 0 Å². The van der Waals surface area contributed by atoms with Crippen molar-refractivity contribution in [3.05, 3.63) is 65.7 Å². The number of pyridine rings is 1. The highest BCUT2D eigenvalue weighted by Crippen LogP contribution is 2.43. The summed E-state index contributed by atoms with van der Waals surface area (Å²) < 4.78 is 54.6. The van der Waals surface area contributed by atoms with Crippen LogP contribution in [0.25, 0.3) is 0 Å². The van der Waals surface area contributed by atoms with Crippen molar-refractivity contribution in [2.24, 2.45) is 5.92 Å². The number of amides is 2. The molecule has 0 unspecified atom stereocenters. The Morgan fingerprint density at radius 2 is 1.96 bits per heavy atom. The van der Waals surface area contributed by atoms with Crippen molar-refractivity contribution < 1.29 is 32.3 Å². The average Bonchev–Trinajstić information content (AvgIpc) is 2.60. The molecular formula is C17H13F4N3O3. The van der Waals surface area contributed by atoms with Gasteiger partial charge in [-0.15, -0.1) is 0 Å². The zero-order valence-electron chi connectivity index (χ0n) is 13.5. The van der Waals surface area contributed by atoms with E-state index in [4.69, 9.17) is 0 Å². The molecule has 10 heteroatoms. The van der Waals surface area contributed by atoms with E-state index in [1.807, 2.05) is 0 Å². The standard InChI is InChI=1S/C17H13F4N3O3/c18-11-5-1-3-9(7-11)13-12(14(25)10-4-2-6-22-8-10)16(27,17(19,20)21)24-15(26)23-13/h1-8,12-13,27H,(H2,23,24,26)/t12-,13-,16-/m0/s1. The quantitative estimate of drug-likeness (QED) is 0.561. The van der Waals surface area contributed by atoms with Crippen molar-refractivity contribution in [3.8, 4) is 0 Å². The van der Waals surface area contributed by atoms with Gasteiger partial charge in [-0.2, -0.15) is 13.2 Å². The molecule has 1 aliphatic heterocycles.